The molecule has 1 atom stereocenters. The number of nitrogens with zero attached hydrogens (tertiary/aromatic N) is 3. The zero-order chi connectivity index (χ0) is 15.4. The van der Waals surface area contributed by atoms with Crippen molar-refractivity contribution in [1.82, 2.24) is 18.2 Å². The molecule has 0 aromatic heterocycles. The third-order valence-electron chi connectivity index (χ3n) is 5.56. The molecule has 6 heteroatoms. The standard InChI is InChI=1S/C16H29IN4O/c17-21-7-3-14(4-8-21)2-6-19-9-11-20(12-10-19)15-1-5-18-16(22)13-15/h14-15H,1-13H2,(H,18,22). The van der Waals surface area contributed by atoms with Crippen molar-refractivity contribution < 1.29 is 4.79 Å². The van der Waals surface area contributed by atoms with E-state index in [1.54, 1.807) is 0 Å². The van der Waals surface area contributed by atoms with Gasteiger partial charge in [-0.05, 0) is 38.1 Å². The molecule has 126 valence electrons. The third kappa shape index (κ3) is 4.79. The van der Waals surface area contributed by atoms with Crippen molar-refractivity contribution >= 4 is 28.8 Å². The molecule has 1 unspecified atom stereocenters. The molecule has 0 aromatic carbocycles. The van der Waals surface area contributed by atoms with Crippen LogP contribution in [0.25, 0.3) is 0 Å². The van der Waals surface area contributed by atoms with Gasteiger partial charge in [-0.15, -0.1) is 0 Å². The Balaban J connectivity index is 1.34. The Hall–Kier alpha value is 0.0800. The van der Waals surface area contributed by atoms with Gasteiger partial charge in [0.1, 0.15) is 0 Å². The lowest BCUT2D eigenvalue weighted by Gasteiger charge is -2.41. The second-order valence-electron chi connectivity index (χ2n) is 7.02. The van der Waals surface area contributed by atoms with Crippen LogP contribution in [0.2, 0.25) is 0 Å². The van der Waals surface area contributed by atoms with E-state index in [9.17, 15) is 4.79 Å². The molecule has 3 heterocycles. The lowest BCUT2D eigenvalue weighted by molar-refractivity contribution is -0.124. The highest BCUT2D eigenvalue weighted by molar-refractivity contribution is 14.1. The van der Waals surface area contributed by atoms with Gasteiger partial charge in [-0.2, -0.15) is 0 Å². The summed E-state index contributed by atoms with van der Waals surface area (Å²) >= 11 is 2.45. The molecule has 1 N–H and O–H groups in total. The van der Waals surface area contributed by atoms with Crippen LogP contribution < -0.4 is 5.32 Å². The van der Waals surface area contributed by atoms with Gasteiger partial charge in [0.05, 0.1) is 0 Å². The van der Waals surface area contributed by atoms with Gasteiger partial charge >= 0.3 is 0 Å². The van der Waals surface area contributed by atoms with Gasteiger partial charge in [-0.1, -0.05) is 0 Å². The SMILES string of the molecule is O=C1CC(N2CCN(CCC3CCN(I)CC3)CC2)CCN1. The molecular weight excluding hydrogens is 391 g/mol. The highest BCUT2D eigenvalue weighted by Gasteiger charge is 2.28. The molecule has 0 aliphatic carbocycles. The monoisotopic (exact) mass is 420 g/mol. The number of carbonyl (C=O) groups excluding carboxylic acids is 1. The van der Waals surface area contributed by atoms with Crippen molar-refractivity contribution in [3.63, 3.8) is 0 Å². The molecule has 0 bridgehead atoms. The van der Waals surface area contributed by atoms with Gasteiger partial charge in [-0.3, -0.25) is 9.69 Å². The number of carbonyl (C=O) groups is 1. The number of rotatable bonds is 4. The van der Waals surface area contributed by atoms with Crippen molar-refractivity contribution in [2.75, 3.05) is 52.4 Å². The first kappa shape index (κ1) is 16.9. The van der Waals surface area contributed by atoms with Gasteiger partial charge < -0.3 is 10.2 Å². The van der Waals surface area contributed by atoms with Crippen LogP contribution in [-0.4, -0.2) is 77.2 Å². The predicted molar refractivity (Wildman–Crippen MR) is 97.0 cm³/mol. The second-order valence-corrected chi connectivity index (χ2v) is 8.38. The van der Waals surface area contributed by atoms with Crippen molar-refractivity contribution in [2.24, 2.45) is 5.92 Å². The third-order valence-corrected chi connectivity index (χ3v) is 6.52. The minimum Gasteiger partial charge on any atom is -0.356 e. The molecule has 3 aliphatic rings. The van der Waals surface area contributed by atoms with Crippen molar-refractivity contribution in [2.45, 2.75) is 38.1 Å². The number of piperazine rings is 1. The van der Waals surface area contributed by atoms with E-state index in [-0.39, 0.29) is 5.91 Å². The summed E-state index contributed by atoms with van der Waals surface area (Å²) in [6.07, 6.45) is 5.95. The number of amides is 1. The molecule has 0 saturated carbocycles. The van der Waals surface area contributed by atoms with Crippen molar-refractivity contribution in [1.29, 1.82) is 0 Å². The van der Waals surface area contributed by atoms with Gasteiger partial charge in [0.25, 0.3) is 0 Å². The zero-order valence-electron chi connectivity index (χ0n) is 13.5. The molecule has 22 heavy (non-hydrogen) atoms. The van der Waals surface area contributed by atoms with E-state index in [4.69, 9.17) is 0 Å². The Bertz CT molecular complexity index is 365. The molecule has 3 aliphatic heterocycles. The fourth-order valence-corrected chi connectivity index (χ4v) is 4.54. The molecule has 3 fully saturated rings. The van der Waals surface area contributed by atoms with E-state index >= 15 is 0 Å². The first-order valence-electron chi connectivity index (χ1n) is 8.84. The minimum absolute atomic E-state index is 0.236. The average molecular weight is 420 g/mol. The molecule has 5 nitrogen and oxygen atoms in total. The molecule has 1 amide bonds. The molecule has 3 saturated heterocycles. The van der Waals surface area contributed by atoms with E-state index in [1.807, 2.05) is 0 Å². The summed E-state index contributed by atoms with van der Waals surface area (Å²) in [5.41, 5.74) is 0. The molecule has 3 rings (SSSR count). The summed E-state index contributed by atoms with van der Waals surface area (Å²) in [6, 6.07) is 0.490. The fourth-order valence-electron chi connectivity index (χ4n) is 3.99. The van der Waals surface area contributed by atoms with E-state index in [2.05, 4.69) is 41.1 Å². The second kappa shape index (κ2) is 8.26. The van der Waals surface area contributed by atoms with Crippen LogP contribution in [0.15, 0.2) is 0 Å². The molecule has 0 spiro atoms. The summed E-state index contributed by atoms with van der Waals surface area (Å²) in [5, 5.41) is 2.94. The normalized spacial score (nSPS) is 30.4. The van der Waals surface area contributed by atoms with Crippen LogP contribution >= 0.6 is 22.9 Å². The quantitative estimate of drug-likeness (QED) is 0.551. The predicted octanol–water partition coefficient (Wildman–Crippen LogP) is 1.33. The summed E-state index contributed by atoms with van der Waals surface area (Å²) in [6.45, 7) is 9.32. The number of hydrogen-bond donors (Lipinski definition) is 1. The first-order valence-corrected chi connectivity index (χ1v) is 9.81. The van der Waals surface area contributed by atoms with Gasteiger partial charge in [0.15, 0.2) is 0 Å². The number of piperidine rings is 2. The smallest absolute Gasteiger partial charge is 0.221 e. The number of hydrogen-bond acceptors (Lipinski definition) is 4. The summed E-state index contributed by atoms with van der Waals surface area (Å²) in [5.74, 6) is 1.17. The minimum atomic E-state index is 0.236. The van der Waals surface area contributed by atoms with Crippen molar-refractivity contribution in [3.05, 3.63) is 0 Å². The van der Waals surface area contributed by atoms with Gasteiger partial charge in [-0.25, -0.2) is 3.11 Å². The zero-order valence-corrected chi connectivity index (χ0v) is 15.6. The van der Waals surface area contributed by atoms with E-state index < -0.39 is 0 Å². The number of nitrogens with one attached hydrogen (secondary N) is 1. The topological polar surface area (TPSA) is 38.8 Å². The lowest BCUT2D eigenvalue weighted by atomic mass is 9.94. The average Bonchev–Trinajstić information content (AvgIpc) is 2.55. The van der Waals surface area contributed by atoms with Crippen LogP contribution in [-0.2, 0) is 4.79 Å². The molecule has 0 radical (unpaired) electrons. The Morgan fingerprint density at radius 2 is 1.77 bits per heavy atom. The summed E-state index contributed by atoms with van der Waals surface area (Å²) in [4.78, 5) is 16.7. The highest BCUT2D eigenvalue weighted by atomic mass is 127. The van der Waals surface area contributed by atoms with E-state index in [0.717, 1.165) is 32.0 Å². The van der Waals surface area contributed by atoms with Crippen LogP contribution in [0.1, 0.15) is 32.1 Å². The maximum atomic E-state index is 11.5. The molecular formula is C16H29IN4O. The Morgan fingerprint density at radius 3 is 2.45 bits per heavy atom. The van der Waals surface area contributed by atoms with E-state index in [1.165, 1.54) is 52.0 Å². The number of halogens is 1. The Morgan fingerprint density at radius 1 is 1.05 bits per heavy atom. The maximum Gasteiger partial charge on any atom is 0.221 e. The Labute approximate surface area is 148 Å². The highest BCUT2D eigenvalue weighted by Crippen LogP contribution is 2.23. The van der Waals surface area contributed by atoms with Gasteiger partial charge in [0.2, 0.25) is 5.91 Å². The first-order chi connectivity index (χ1) is 10.7. The van der Waals surface area contributed by atoms with Crippen LogP contribution in [0.4, 0.5) is 0 Å². The lowest BCUT2D eigenvalue weighted by Crippen LogP contribution is -2.53. The maximum absolute atomic E-state index is 11.5. The summed E-state index contributed by atoms with van der Waals surface area (Å²) < 4.78 is 2.42. The molecule has 0 aromatic rings. The largest absolute Gasteiger partial charge is 0.356 e. The van der Waals surface area contributed by atoms with Crippen LogP contribution in [0.3, 0.4) is 0 Å². The van der Waals surface area contributed by atoms with Crippen molar-refractivity contribution in [3.8, 4) is 0 Å². The van der Waals surface area contributed by atoms with Gasteiger partial charge in [0, 0.05) is 81.1 Å². The summed E-state index contributed by atoms with van der Waals surface area (Å²) in [7, 11) is 0. The van der Waals surface area contributed by atoms with Crippen LogP contribution in [0.5, 0.6) is 0 Å². The fraction of sp³-hybridized carbons (Fsp3) is 0.938. The van der Waals surface area contributed by atoms with Crippen LogP contribution in [0, 0.1) is 5.92 Å². The Kier molecular flexibility index (Phi) is 6.35. The van der Waals surface area contributed by atoms with E-state index in [0.29, 0.717) is 12.5 Å².